The largest absolute Gasteiger partial charge is 0.371 e. The van der Waals surface area contributed by atoms with Crippen molar-refractivity contribution in [3.8, 4) is 0 Å². The predicted octanol–water partition coefficient (Wildman–Crippen LogP) is 2.35. The summed E-state index contributed by atoms with van der Waals surface area (Å²) in [6, 6.07) is 5.19. The van der Waals surface area contributed by atoms with Crippen molar-refractivity contribution in [1.29, 1.82) is 0 Å². The SMILES string of the molecule is CNS(=O)(=O)c1ccc(N2CCCCC2)c(Br)c1. The van der Waals surface area contributed by atoms with Crippen molar-refractivity contribution in [2.45, 2.75) is 24.2 Å². The molecule has 2 rings (SSSR count). The van der Waals surface area contributed by atoms with E-state index in [0.29, 0.717) is 0 Å². The fourth-order valence-electron chi connectivity index (χ4n) is 2.16. The standard InChI is InChI=1S/C12H17BrN2O2S/c1-14-18(16,17)10-5-6-12(11(13)9-10)15-7-3-2-4-8-15/h5-6,9,14H,2-4,7-8H2,1H3. The quantitative estimate of drug-likeness (QED) is 0.924. The maximum Gasteiger partial charge on any atom is 0.240 e. The van der Waals surface area contributed by atoms with Crippen molar-refractivity contribution in [1.82, 2.24) is 4.72 Å². The van der Waals surface area contributed by atoms with Crippen molar-refractivity contribution in [3.05, 3.63) is 22.7 Å². The van der Waals surface area contributed by atoms with Crippen molar-refractivity contribution in [3.63, 3.8) is 0 Å². The van der Waals surface area contributed by atoms with Crippen LogP contribution in [0.25, 0.3) is 0 Å². The highest BCUT2D eigenvalue weighted by atomic mass is 79.9. The Bertz CT molecular complexity index is 525. The molecular weight excluding hydrogens is 316 g/mol. The zero-order valence-electron chi connectivity index (χ0n) is 10.3. The molecule has 100 valence electrons. The Morgan fingerprint density at radius 3 is 2.44 bits per heavy atom. The molecule has 1 aromatic carbocycles. The van der Waals surface area contributed by atoms with E-state index in [0.717, 1.165) is 23.2 Å². The van der Waals surface area contributed by atoms with Gasteiger partial charge < -0.3 is 4.90 Å². The summed E-state index contributed by atoms with van der Waals surface area (Å²) in [5.74, 6) is 0. The number of sulfonamides is 1. The van der Waals surface area contributed by atoms with E-state index in [9.17, 15) is 8.42 Å². The van der Waals surface area contributed by atoms with Gasteiger partial charge in [0.1, 0.15) is 0 Å². The van der Waals surface area contributed by atoms with E-state index < -0.39 is 10.0 Å². The lowest BCUT2D eigenvalue weighted by molar-refractivity contribution is 0.576. The molecule has 1 aliphatic heterocycles. The molecule has 0 atom stereocenters. The van der Waals surface area contributed by atoms with Gasteiger partial charge in [0, 0.05) is 17.6 Å². The summed E-state index contributed by atoms with van der Waals surface area (Å²) >= 11 is 3.47. The number of piperidine rings is 1. The Balaban J connectivity index is 2.30. The van der Waals surface area contributed by atoms with Gasteiger partial charge in [0.2, 0.25) is 10.0 Å². The zero-order valence-corrected chi connectivity index (χ0v) is 12.7. The van der Waals surface area contributed by atoms with Crippen molar-refractivity contribution in [2.24, 2.45) is 0 Å². The van der Waals surface area contributed by atoms with Gasteiger partial charge in [0.05, 0.1) is 10.6 Å². The predicted molar refractivity (Wildman–Crippen MR) is 76.5 cm³/mol. The molecule has 1 heterocycles. The average Bonchev–Trinajstić information content (AvgIpc) is 2.39. The first-order chi connectivity index (χ1) is 8.54. The number of anilines is 1. The highest BCUT2D eigenvalue weighted by Crippen LogP contribution is 2.30. The van der Waals surface area contributed by atoms with Crippen LogP contribution in [-0.4, -0.2) is 28.6 Å². The minimum atomic E-state index is -3.37. The fourth-order valence-corrected chi connectivity index (χ4v) is 3.70. The van der Waals surface area contributed by atoms with Gasteiger partial charge >= 0.3 is 0 Å². The van der Waals surface area contributed by atoms with Gasteiger partial charge in [-0.1, -0.05) is 0 Å². The van der Waals surface area contributed by atoms with Gasteiger partial charge in [0.25, 0.3) is 0 Å². The van der Waals surface area contributed by atoms with Gasteiger partial charge in [-0.2, -0.15) is 0 Å². The lowest BCUT2D eigenvalue weighted by Gasteiger charge is -2.29. The van der Waals surface area contributed by atoms with Gasteiger partial charge in [-0.15, -0.1) is 0 Å². The second kappa shape index (κ2) is 5.59. The number of nitrogens with one attached hydrogen (secondary N) is 1. The third kappa shape index (κ3) is 2.87. The summed E-state index contributed by atoms with van der Waals surface area (Å²) in [5.41, 5.74) is 1.07. The molecule has 1 aliphatic rings. The summed E-state index contributed by atoms with van der Waals surface area (Å²) in [6.07, 6.45) is 3.67. The van der Waals surface area contributed by atoms with E-state index in [2.05, 4.69) is 25.6 Å². The van der Waals surface area contributed by atoms with Crippen LogP contribution >= 0.6 is 15.9 Å². The summed E-state index contributed by atoms with van der Waals surface area (Å²) in [5, 5.41) is 0. The third-order valence-electron chi connectivity index (χ3n) is 3.19. The van der Waals surface area contributed by atoms with Gasteiger partial charge in [-0.3, -0.25) is 0 Å². The summed E-state index contributed by atoms with van der Waals surface area (Å²) in [4.78, 5) is 2.58. The van der Waals surface area contributed by atoms with Crippen LogP contribution < -0.4 is 9.62 Å². The zero-order chi connectivity index (χ0) is 13.2. The molecule has 6 heteroatoms. The summed E-state index contributed by atoms with van der Waals surface area (Å²) < 4.78 is 26.5. The van der Waals surface area contributed by atoms with Crippen molar-refractivity contribution >= 4 is 31.6 Å². The van der Waals surface area contributed by atoms with E-state index in [-0.39, 0.29) is 4.90 Å². The second-order valence-corrected chi connectivity index (χ2v) is 7.11. The Kier molecular flexibility index (Phi) is 4.29. The van der Waals surface area contributed by atoms with Crippen molar-refractivity contribution in [2.75, 3.05) is 25.0 Å². The Morgan fingerprint density at radius 1 is 1.22 bits per heavy atom. The molecule has 0 aromatic heterocycles. The van der Waals surface area contributed by atoms with Crippen LogP contribution in [0.3, 0.4) is 0 Å². The summed E-state index contributed by atoms with van der Waals surface area (Å²) in [6.45, 7) is 2.08. The molecule has 0 radical (unpaired) electrons. The molecule has 18 heavy (non-hydrogen) atoms. The number of nitrogens with zero attached hydrogens (tertiary/aromatic N) is 1. The third-order valence-corrected chi connectivity index (χ3v) is 5.24. The second-order valence-electron chi connectivity index (χ2n) is 4.37. The molecule has 1 aromatic rings. The first-order valence-electron chi connectivity index (χ1n) is 6.02. The van der Waals surface area contributed by atoms with Crippen LogP contribution in [0.5, 0.6) is 0 Å². The minimum Gasteiger partial charge on any atom is -0.371 e. The Labute approximate surface area is 117 Å². The van der Waals surface area contributed by atoms with Crippen molar-refractivity contribution < 1.29 is 8.42 Å². The van der Waals surface area contributed by atoms with Crippen LogP contribution in [0.15, 0.2) is 27.6 Å². The van der Waals surface area contributed by atoms with E-state index in [1.165, 1.54) is 26.3 Å². The Morgan fingerprint density at radius 2 is 1.89 bits per heavy atom. The maximum absolute atomic E-state index is 11.7. The topological polar surface area (TPSA) is 49.4 Å². The van der Waals surface area contributed by atoms with Gasteiger partial charge in [0.15, 0.2) is 0 Å². The van der Waals surface area contributed by atoms with Crippen LogP contribution in [0.1, 0.15) is 19.3 Å². The molecule has 0 unspecified atom stereocenters. The number of halogens is 1. The number of hydrogen-bond donors (Lipinski definition) is 1. The molecule has 1 fully saturated rings. The molecule has 0 saturated carbocycles. The molecule has 1 saturated heterocycles. The maximum atomic E-state index is 11.7. The van der Waals surface area contributed by atoms with Crippen LogP contribution in [0.4, 0.5) is 5.69 Å². The smallest absolute Gasteiger partial charge is 0.240 e. The van der Waals surface area contributed by atoms with E-state index >= 15 is 0 Å². The van der Waals surface area contributed by atoms with Gasteiger partial charge in [-0.05, 0) is 60.4 Å². The van der Waals surface area contributed by atoms with E-state index in [1.807, 2.05) is 6.07 Å². The fraction of sp³-hybridized carbons (Fsp3) is 0.500. The minimum absolute atomic E-state index is 0.289. The number of hydrogen-bond acceptors (Lipinski definition) is 3. The van der Waals surface area contributed by atoms with Crippen LogP contribution in [-0.2, 0) is 10.0 Å². The monoisotopic (exact) mass is 332 g/mol. The number of benzene rings is 1. The molecule has 0 bridgehead atoms. The molecule has 4 nitrogen and oxygen atoms in total. The molecule has 1 N–H and O–H groups in total. The average molecular weight is 333 g/mol. The normalized spacial score (nSPS) is 16.9. The highest BCUT2D eigenvalue weighted by Gasteiger charge is 2.17. The first kappa shape index (κ1) is 13.8. The summed E-state index contributed by atoms with van der Waals surface area (Å²) in [7, 11) is -1.95. The van der Waals surface area contributed by atoms with Crippen LogP contribution in [0.2, 0.25) is 0 Å². The highest BCUT2D eigenvalue weighted by molar-refractivity contribution is 9.10. The van der Waals surface area contributed by atoms with Gasteiger partial charge in [-0.25, -0.2) is 13.1 Å². The first-order valence-corrected chi connectivity index (χ1v) is 8.30. The molecule has 0 spiro atoms. The molecular formula is C12H17BrN2O2S. The lowest BCUT2D eigenvalue weighted by Crippen LogP contribution is -2.29. The number of rotatable bonds is 3. The van der Waals surface area contributed by atoms with E-state index in [1.54, 1.807) is 12.1 Å². The lowest BCUT2D eigenvalue weighted by atomic mass is 10.1. The van der Waals surface area contributed by atoms with E-state index in [4.69, 9.17) is 0 Å². The Hall–Kier alpha value is -0.590. The molecule has 0 aliphatic carbocycles. The molecule has 0 amide bonds. The van der Waals surface area contributed by atoms with Crippen LogP contribution in [0, 0.1) is 0 Å².